The molecular formula is C12H17NO2. The van der Waals surface area contributed by atoms with Gasteiger partial charge in [-0.2, -0.15) is 0 Å². The highest BCUT2D eigenvalue weighted by atomic mass is 16.5. The lowest BCUT2D eigenvalue weighted by Crippen LogP contribution is -2.14. The minimum absolute atomic E-state index is 0.207. The molecule has 0 bridgehead atoms. The van der Waals surface area contributed by atoms with Gasteiger partial charge < -0.3 is 15.2 Å². The fraction of sp³-hybridized carbons (Fsp3) is 0.500. The lowest BCUT2D eigenvalue weighted by atomic mass is 10.0. The highest BCUT2D eigenvalue weighted by Crippen LogP contribution is 2.24. The number of hydrogen-bond donors (Lipinski definition) is 2. The molecule has 3 heteroatoms. The quantitative estimate of drug-likeness (QED) is 0.783. The fourth-order valence-corrected chi connectivity index (χ4v) is 2.04. The zero-order valence-electron chi connectivity index (χ0n) is 8.94. The van der Waals surface area contributed by atoms with Gasteiger partial charge in [-0.3, -0.25) is 0 Å². The van der Waals surface area contributed by atoms with Gasteiger partial charge in [0.2, 0.25) is 0 Å². The first kappa shape index (κ1) is 10.6. The summed E-state index contributed by atoms with van der Waals surface area (Å²) in [6, 6.07) is 8.61. The molecule has 0 aromatic heterocycles. The van der Waals surface area contributed by atoms with Crippen LogP contribution in [0.4, 0.5) is 0 Å². The number of β-amino-alcohol motifs (C(OH)–C–C–N with tert-alkyl or cyclic N) is 1. The number of benzene rings is 1. The SMILES string of the molecule is COCc1cccc(C2CC(O)CN2)c1. The molecule has 1 saturated heterocycles. The van der Waals surface area contributed by atoms with E-state index in [1.807, 2.05) is 6.07 Å². The molecule has 3 nitrogen and oxygen atoms in total. The maximum Gasteiger partial charge on any atom is 0.0713 e. The largest absolute Gasteiger partial charge is 0.392 e. The second kappa shape index (κ2) is 4.75. The molecule has 2 rings (SSSR count). The van der Waals surface area contributed by atoms with Crippen molar-refractivity contribution < 1.29 is 9.84 Å². The van der Waals surface area contributed by atoms with Gasteiger partial charge in [0, 0.05) is 19.7 Å². The van der Waals surface area contributed by atoms with Crippen molar-refractivity contribution >= 4 is 0 Å². The van der Waals surface area contributed by atoms with Crippen molar-refractivity contribution in [2.75, 3.05) is 13.7 Å². The highest BCUT2D eigenvalue weighted by Gasteiger charge is 2.23. The van der Waals surface area contributed by atoms with Crippen molar-refractivity contribution in [2.45, 2.75) is 25.2 Å². The van der Waals surface area contributed by atoms with E-state index in [1.165, 1.54) is 11.1 Å². The van der Waals surface area contributed by atoms with Crippen LogP contribution in [-0.2, 0) is 11.3 Å². The molecule has 1 fully saturated rings. The van der Waals surface area contributed by atoms with Gasteiger partial charge >= 0.3 is 0 Å². The van der Waals surface area contributed by atoms with Crippen LogP contribution < -0.4 is 5.32 Å². The van der Waals surface area contributed by atoms with Crippen LogP contribution in [0, 0.1) is 0 Å². The number of aliphatic hydroxyl groups is 1. The Kier molecular flexibility index (Phi) is 3.36. The average molecular weight is 207 g/mol. The molecule has 0 amide bonds. The summed E-state index contributed by atoms with van der Waals surface area (Å²) in [5.41, 5.74) is 2.42. The molecule has 82 valence electrons. The minimum Gasteiger partial charge on any atom is -0.392 e. The second-order valence-electron chi connectivity index (χ2n) is 4.03. The van der Waals surface area contributed by atoms with Gasteiger partial charge in [0.1, 0.15) is 0 Å². The summed E-state index contributed by atoms with van der Waals surface area (Å²) in [7, 11) is 1.70. The van der Waals surface area contributed by atoms with Gasteiger partial charge in [-0.1, -0.05) is 24.3 Å². The lowest BCUT2D eigenvalue weighted by molar-refractivity contribution is 0.184. The lowest BCUT2D eigenvalue weighted by Gasteiger charge is -2.11. The van der Waals surface area contributed by atoms with Crippen LogP contribution in [0.3, 0.4) is 0 Å². The van der Waals surface area contributed by atoms with E-state index in [4.69, 9.17) is 4.74 Å². The Morgan fingerprint density at radius 3 is 3.07 bits per heavy atom. The standard InChI is InChI=1S/C12H17NO2/c1-15-8-9-3-2-4-10(5-9)12-6-11(14)7-13-12/h2-5,11-14H,6-8H2,1H3. The molecule has 1 aliphatic rings. The third-order valence-corrected chi connectivity index (χ3v) is 2.77. The molecule has 0 spiro atoms. The summed E-state index contributed by atoms with van der Waals surface area (Å²) in [5.74, 6) is 0. The van der Waals surface area contributed by atoms with Crippen molar-refractivity contribution in [3.8, 4) is 0 Å². The Morgan fingerprint density at radius 2 is 2.40 bits per heavy atom. The maximum atomic E-state index is 9.45. The third-order valence-electron chi connectivity index (χ3n) is 2.77. The average Bonchev–Trinajstić information content (AvgIpc) is 2.66. The Labute approximate surface area is 90.1 Å². The number of hydrogen-bond acceptors (Lipinski definition) is 3. The van der Waals surface area contributed by atoms with Crippen LogP contribution in [0.15, 0.2) is 24.3 Å². The van der Waals surface area contributed by atoms with Crippen LogP contribution in [0.5, 0.6) is 0 Å². The fourth-order valence-electron chi connectivity index (χ4n) is 2.04. The molecule has 1 aliphatic heterocycles. The summed E-state index contributed by atoms with van der Waals surface area (Å²) >= 11 is 0. The molecule has 2 atom stereocenters. The molecule has 15 heavy (non-hydrogen) atoms. The van der Waals surface area contributed by atoms with E-state index in [0.29, 0.717) is 13.2 Å². The van der Waals surface area contributed by atoms with Crippen LogP contribution in [0.25, 0.3) is 0 Å². The molecule has 0 saturated carbocycles. The van der Waals surface area contributed by atoms with E-state index in [-0.39, 0.29) is 12.1 Å². The summed E-state index contributed by atoms with van der Waals surface area (Å²) < 4.78 is 5.10. The molecule has 2 N–H and O–H groups in total. The Hall–Kier alpha value is -0.900. The molecule has 1 aromatic carbocycles. The molecule has 1 heterocycles. The van der Waals surface area contributed by atoms with Crippen LogP contribution in [-0.4, -0.2) is 24.9 Å². The van der Waals surface area contributed by atoms with Crippen LogP contribution in [0.2, 0.25) is 0 Å². The molecule has 1 aromatic rings. The first-order valence-corrected chi connectivity index (χ1v) is 5.29. The van der Waals surface area contributed by atoms with Crippen molar-refractivity contribution in [3.05, 3.63) is 35.4 Å². The Morgan fingerprint density at radius 1 is 1.53 bits per heavy atom. The summed E-state index contributed by atoms with van der Waals surface area (Å²) in [6.07, 6.45) is 0.595. The zero-order valence-corrected chi connectivity index (χ0v) is 8.94. The van der Waals surface area contributed by atoms with E-state index < -0.39 is 0 Å². The van der Waals surface area contributed by atoms with Crippen molar-refractivity contribution in [1.29, 1.82) is 0 Å². The van der Waals surface area contributed by atoms with Gasteiger partial charge in [-0.15, -0.1) is 0 Å². The molecule has 2 unspecified atom stereocenters. The van der Waals surface area contributed by atoms with Gasteiger partial charge in [0.25, 0.3) is 0 Å². The number of nitrogens with one attached hydrogen (secondary N) is 1. The smallest absolute Gasteiger partial charge is 0.0713 e. The van der Waals surface area contributed by atoms with Gasteiger partial charge in [-0.25, -0.2) is 0 Å². The van der Waals surface area contributed by atoms with E-state index in [2.05, 4.69) is 23.5 Å². The molecular weight excluding hydrogens is 190 g/mol. The van der Waals surface area contributed by atoms with Crippen molar-refractivity contribution in [2.24, 2.45) is 0 Å². The Bertz CT molecular complexity index is 327. The van der Waals surface area contributed by atoms with Gasteiger partial charge in [0.15, 0.2) is 0 Å². The molecule has 0 radical (unpaired) electrons. The van der Waals surface area contributed by atoms with Crippen LogP contribution in [0.1, 0.15) is 23.6 Å². The molecule has 0 aliphatic carbocycles. The predicted octanol–water partition coefficient (Wildman–Crippen LogP) is 1.23. The highest BCUT2D eigenvalue weighted by molar-refractivity contribution is 5.26. The van der Waals surface area contributed by atoms with Crippen molar-refractivity contribution in [3.63, 3.8) is 0 Å². The maximum absolute atomic E-state index is 9.45. The Balaban J connectivity index is 2.10. The summed E-state index contributed by atoms with van der Waals surface area (Å²) in [6.45, 7) is 1.34. The van der Waals surface area contributed by atoms with Gasteiger partial charge in [0.05, 0.1) is 12.7 Å². The topological polar surface area (TPSA) is 41.5 Å². The first-order valence-electron chi connectivity index (χ1n) is 5.29. The third kappa shape index (κ3) is 2.56. The predicted molar refractivity (Wildman–Crippen MR) is 58.5 cm³/mol. The number of methoxy groups -OCH3 is 1. The van der Waals surface area contributed by atoms with E-state index in [1.54, 1.807) is 7.11 Å². The van der Waals surface area contributed by atoms with E-state index in [9.17, 15) is 5.11 Å². The van der Waals surface area contributed by atoms with Gasteiger partial charge in [-0.05, 0) is 17.5 Å². The van der Waals surface area contributed by atoms with E-state index in [0.717, 1.165) is 6.42 Å². The summed E-state index contributed by atoms with van der Waals surface area (Å²) in [4.78, 5) is 0. The minimum atomic E-state index is -0.207. The number of rotatable bonds is 3. The number of aliphatic hydroxyl groups excluding tert-OH is 1. The monoisotopic (exact) mass is 207 g/mol. The first-order chi connectivity index (χ1) is 7.29. The summed E-state index contributed by atoms with van der Waals surface area (Å²) in [5, 5.41) is 12.7. The zero-order chi connectivity index (χ0) is 10.7. The van der Waals surface area contributed by atoms with Crippen molar-refractivity contribution in [1.82, 2.24) is 5.32 Å². The normalized spacial score (nSPS) is 25.7. The second-order valence-corrected chi connectivity index (χ2v) is 4.03. The van der Waals surface area contributed by atoms with Crippen LogP contribution >= 0.6 is 0 Å². The van der Waals surface area contributed by atoms with E-state index >= 15 is 0 Å². The number of ether oxygens (including phenoxy) is 1.